The number of carbonyl (C=O) groups excluding carboxylic acids is 2. The van der Waals surface area contributed by atoms with E-state index in [2.05, 4.69) is 26.1 Å². The van der Waals surface area contributed by atoms with E-state index in [4.69, 9.17) is 4.42 Å². The zero-order chi connectivity index (χ0) is 18.7. The van der Waals surface area contributed by atoms with Crippen molar-refractivity contribution >= 4 is 23.6 Å². The first-order valence-corrected chi connectivity index (χ1v) is 9.81. The van der Waals surface area contributed by atoms with Crippen molar-refractivity contribution in [1.82, 2.24) is 10.2 Å². The maximum atomic E-state index is 12.9. The quantitative estimate of drug-likeness (QED) is 0.893. The summed E-state index contributed by atoms with van der Waals surface area (Å²) in [6.07, 6.45) is 1.57. The molecule has 0 aliphatic carbocycles. The van der Waals surface area contributed by atoms with Crippen LogP contribution in [0.3, 0.4) is 0 Å². The molecule has 2 amide bonds. The van der Waals surface area contributed by atoms with Gasteiger partial charge in [-0.05, 0) is 35.2 Å². The second-order valence-corrected chi connectivity index (χ2v) is 8.41. The highest BCUT2D eigenvalue weighted by molar-refractivity contribution is 7.99. The van der Waals surface area contributed by atoms with Crippen molar-refractivity contribution < 1.29 is 14.0 Å². The van der Waals surface area contributed by atoms with Gasteiger partial charge in [0.05, 0.1) is 18.7 Å². The summed E-state index contributed by atoms with van der Waals surface area (Å²) in [5.41, 5.74) is 1.83. The fourth-order valence-electron chi connectivity index (χ4n) is 2.84. The number of carbonyl (C=O) groups is 2. The summed E-state index contributed by atoms with van der Waals surface area (Å²) >= 11 is 1.59. The van der Waals surface area contributed by atoms with Gasteiger partial charge in [0, 0.05) is 11.3 Å². The molecule has 5 nitrogen and oxygen atoms in total. The van der Waals surface area contributed by atoms with Gasteiger partial charge < -0.3 is 14.6 Å². The Labute approximate surface area is 158 Å². The molecule has 0 bridgehead atoms. The molecule has 26 heavy (non-hydrogen) atoms. The largest absolute Gasteiger partial charge is 0.467 e. The van der Waals surface area contributed by atoms with Crippen LogP contribution in [0.25, 0.3) is 0 Å². The lowest BCUT2D eigenvalue weighted by atomic mass is 9.86. The minimum atomic E-state index is -0.454. The van der Waals surface area contributed by atoms with E-state index < -0.39 is 6.04 Å². The minimum absolute atomic E-state index is 0.0410. The molecule has 0 radical (unpaired) electrons. The van der Waals surface area contributed by atoms with E-state index >= 15 is 0 Å². The molecular weight excluding hydrogens is 348 g/mol. The number of rotatable bonds is 4. The molecule has 2 heterocycles. The molecule has 1 aromatic carbocycles. The molecule has 1 N–H and O–H groups in total. The van der Waals surface area contributed by atoms with Crippen LogP contribution in [-0.2, 0) is 16.8 Å². The normalized spacial score (nSPS) is 17.3. The van der Waals surface area contributed by atoms with E-state index in [9.17, 15) is 9.59 Å². The van der Waals surface area contributed by atoms with Crippen LogP contribution in [0.2, 0.25) is 0 Å². The third-order valence-electron chi connectivity index (χ3n) is 4.46. The first-order chi connectivity index (χ1) is 12.4. The fraction of sp³-hybridized carbons (Fsp3) is 0.400. The fourth-order valence-corrected chi connectivity index (χ4v) is 4.00. The lowest BCUT2D eigenvalue weighted by Crippen LogP contribution is -2.47. The Bertz CT molecular complexity index is 763. The maximum Gasteiger partial charge on any atom is 0.255 e. The molecule has 1 unspecified atom stereocenters. The molecular formula is C20H24N2O3S. The van der Waals surface area contributed by atoms with Gasteiger partial charge in [0.2, 0.25) is 5.91 Å². The molecule has 0 saturated carbocycles. The molecule has 2 aromatic rings. The Balaban J connectivity index is 1.66. The minimum Gasteiger partial charge on any atom is -0.467 e. The van der Waals surface area contributed by atoms with Gasteiger partial charge in [-0.1, -0.05) is 32.9 Å². The molecule has 3 rings (SSSR count). The summed E-state index contributed by atoms with van der Waals surface area (Å²) in [6.45, 7) is 6.75. The predicted octanol–water partition coefficient (Wildman–Crippen LogP) is 3.41. The van der Waals surface area contributed by atoms with E-state index in [1.807, 2.05) is 30.3 Å². The summed E-state index contributed by atoms with van der Waals surface area (Å²) in [5, 5.41) is 2.85. The van der Waals surface area contributed by atoms with Crippen LogP contribution in [0.4, 0.5) is 0 Å². The number of furan rings is 1. The van der Waals surface area contributed by atoms with Crippen molar-refractivity contribution in [3.8, 4) is 0 Å². The van der Waals surface area contributed by atoms with Crippen molar-refractivity contribution in [2.45, 2.75) is 38.8 Å². The van der Waals surface area contributed by atoms with Gasteiger partial charge >= 0.3 is 0 Å². The number of benzene rings is 1. The molecule has 1 atom stereocenters. The molecule has 138 valence electrons. The van der Waals surface area contributed by atoms with Gasteiger partial charge in [0.15, 0.2) is 0 Å². The SMILES string of the molecule is CC(C)(C)c1ccc(C(=O)N2CSCC2C(=O)NCc2ccco2)cc1. The molecule has 1 saturated heterocycles. The zero-order valence-electron chi connectivity index (χ0n) is 15.3. The number of nitrogens with one attached hydrogen (secondary N) is 1. The van der Waals surface area contributed by atoms with E-state index in [-0.39, 0.29) is 17.2 Å². The Morgan fingerprint density at radius 1 is 1.23 bits per heavy atom. The second kappa shape index (κ2) is 7.58. The highest BCUT2D eigenvalue weighted by Crippen LogP contribution is 2.26. The van der Waals surface area contributed by atoms with Gasteiger partial charge in [0.1, 0.15) is 11.8 Å². The first kappa shape index (κ1) is 18.6. The Morgan fingerprint density at radius 2 is 1.96 bits per heavy atom. The molecule has 1 aromatic heterocycles. The van der Waals surface area contributed by atoms with E-state index in [0.29, 0.717) is 29.5 Å². The van der Waals surface area contributed by atoms with Crippen LogP contribution in [-0.4, -0.2) is 34.4 Å². The molecule has 1 aliphatic heterocycles. The van der Waals surface area contributed by atoms with Crippen LogP contribution in [0.5, 0.6) is 0 Å². The van der Waals surface area contributed by atoms with Gasteiger partial charge in [-0.25, -0.2) is 0 Å². The Morgan fingerprint density at radius 3 is 2.58 bits per heavy atom. The molecule has 6 heteroatoms. The van der Waals surface area contributed by atoms with E-state index in [1.54, 1.807) is 29.0 Å². The Hall–Kier alpha value is -2.21. The first-order valence-electron chi connectivity index (χ1n) is 8.65. The lowest BCUT2D eigenvalue weighted by molar-refractivity contribution is -0.124. The van der Waals surface area contributed by atoms with Crippen LogP contribution in [0.15, 0.2) is 47.1 Å². The summed E-state index contributed by atoms with van der Waals surface area (Å²) in [4.78, 5) is 27.0. The average molecular weight is 372 g/mol. The van der Waals surface area contributed by atoms with E-state index in [0.717, 1.165) is 0 Å². The van der Waals surface area contributed by atoms with Crippen molar-refractivity contribution in [1.29, 1.82) is 0 Å². The topological polar surface area (TPSA) is 62.6 Å². The van der Waals surface area contributed by atoms with Crippen molar-refractivity contribution in [3.63, 3.8) is 0 Å². The summed E-state index contributed by atoms with van der Waals surface area (Å²) < 4.78 is 5.23. The standard InChI is InChI=1S/C20H24N2O3S/c1-20(2,3)15-8-6-14(7-9-15)19(24)22-13-26-12-17(22)18(23)21-11-16-5-4-10-25-16/h4-10,17H,11-13H2,1-3H3,(H,21,23). The van der Waals surface area contributed by atoms with Gasteiger partial charge in [0.25, 0.3) is 5.91 Å². The van der Waals surface area contributed by atoms with E-state index in [1.165, 1.54) is 5.56 Å². The average Bonchev–Trinajstić information content (AvgIpc) is 3.30. The van der Waals surface area contributed by atoms with Gasteiger partial charge in [-0.2, -0.15) is 0 Å². The zero-order valence-corrected chi connectivity index (χ0v) is 16.1. The summed E-state index contributed by atoms with van der Waals surface area (Å²) in [5.74, 6) is 1.58. The third kappa shape index (κ3) is 4.12. The summed E-state index contributed by atoms with van der Waals surface area (Å²) in [7, 11) is 0. The smallest absolute Gasteiger partial charge is 0.255 e. The monoisotopic (exact) mass is 372 g/mol. The number of thioether (sulfide) groups is 1. The molecule has 1 fully saturated rings. The molecule has 1 aliphatic rings. The van der Waals surface area contributed by atoms with Gasteiger partial charge in [-0.3, -0.25) is 9.59 Å². The predicted molar refractivity (Wildman–Crippen MR) is 103 cm³/mol. The highest BCUT2D eigenvalue weighted by Gasteiger charge is 2.35. The van der Waals surface area contributed by atoms with Crippen LogP contribution >= 0.6 is 11.8 Å². The maximum absolute atomic E-state index is 12.9. The Kier molecular flexibility index (Phi) is 5.41. The van der Waals surface area contributed by atoms with Crippen molar-refractivity contribution in [2.75, 3.05) is 11.6 Å². The molecule has 0 spiro atoms. The van der Waals surface area contributed by atoms with Crippen LogP contribution in [0, 0.1) is 0 Å². The number of hydrogen-bond acceptors (Lipinski definition) is 4. The lowest BCUT2D eigenvalue weighted by Gasteiger charge is -2.24. The van der Waals surface area contributed by atoms with Crippen molar-refractivity contribution in [2.24, 2.45) is 0 Å². The number of nitrogens with zero attached hydrogens (tertiary/aromatic N) is 1. The number of hydrogen-bond donors (Lipinski definition) is 1. The van der Waals surface area contributed by atoms with Crippen LogP contribution < -0.4 is 5.32 Å². The highest BCUT2D eigenvalue weighted by atomic mass is 32.2. The van der Waals surface area contributed by atoms with Crippen LogP contribution in [0.1, 0.15) is 42.5 Å². The number of amides is 2. The third-order valence-corrected chi connectivity index (χ3v) is 5.47. The second-order valence-electron chi connectivity index (χ2n) is 7.42. The van der Waals surface area contributed by atoms with Crippen molar-refractivity contribution in [3.05, 3.63) is 59.5 Å². The van der Waals surface area contributed by atoms with Gasteiger partial charge in [-0.15, -0.1) is 11.8 Å². The summed E-state index contributed by atoms with van der Waals surface area (Å²) in [6, 6.07) is 10.8.